The number of thiazole rings is 1. The highest BCUT2D eigenvalue weighted by Gasteiger charge is 2.28. The molecule has 0 radical (unpaired) electrons. The Hall–Kier alpha value is -2.06. The van der Waals surface area contributed by atoms with Crippen LogP contribution >= 0.6 is 22.9 Å². The van der Waals surface area contributed by atoms with E-state index in [0.717, 1.165) is 11.3 Å². The number of H-pyrrole nitrogens is 1. The SMILES string of the molecule is O=C(c1nc2c(Cl)cccc2[nH]1)N1CCc2nc(C(F)F)sc2C1. The molecule has 0 spiro atoms. The molecule has 5 nitrogen and oxygen atoms in total. The number of fused-ring (bicyclic) bond motifs is 2. The highest BCUT2D eigenvalue weighted by molar-refractivity contribution is 7.11. The number of halogens is 3. The number of hydrogen-bond acceptors (Lipinski definition) is 4. The lowest BCUT2D eigenvalue weighted by Gasteiger charge is -2.25. The molecule has 0 bridgehead atoms. The van der Waals surface area contributed by atoms with Crippen molar-refractivity contribution in [2.24, 2.45) is 0 Å². The molecule has 0 fully saturated rings. The van der Waals surface area contributed by atoms with Crippen LogP contribution in [-0.2, 0) is 13.0 Å². The van der Waals surface area contributed by atoms with Gasteiger partial charge in [-0.15, -0.1) is 11.3 Å². The number of aromatic nitrogens is 3. The number of carbonyl (C=O) groups excluding carboxylic acids is 1. The molecule has 24 heavy (non-hydrogen) atoms. The van der Waals surface area contributed by atoms with Crippen LogP contribution in [0.15, 0.2) is 18.2 Å². The summed E-state index contributed by atoms with van der Waals surface area (Å²) in [5.41, 5.74) is 1.88. The van der Waals surface area contributed by atoms with Gasteiger partial charge in [0.15, 0.2) is 10.8 Å². The Morgan fingerprint density at radius 2 is 2.21 bits per heavy atom. The fourth-order valence-corrected chi connectivity index (χ4v) is 3.93. The van der Waals surface area contributed by atoms with Crippen molar-refractivity contribution in [2.45, 2.75) is 19.4 Å². The zero-order chi connectivity index (χ0) is 16.8. The van der Waals surface area contributed by atoms with E-state index < -0.39 is 6.43 Å². The Balaban J connectivity index is 1.61. The summed E-state index contributed by atoms with van der Waals surface area (Å²) in [4.78, 5) is 26.1. The molecule has 1 aliphatic heterocycles. The van der Waals surface area contributed by atoms with Crippen molar-refractivity contribution in [1.82, 2.24) is 19.9 Å². The largest absolute Gasteiger partial charge is 0.334 e. The van der Waals surface area contributed by atoms with Gasteiger partial charge in [-0.05, 0) is 12.1 Å². The van der Waals surface area contributed by atoms with Crippen LogP contribution in [-0.4, -0.2) is 32.3 Å². The molecule has 0 atom stereocenters. The summed E-state index contributed by atoms with van der Waals surface area (Å²) in [6.45, 7) is 0.687. The van der Waals surface area contributed by atoms with Gasteiger partial charge in [0.25, 0.3) is 12.3 Å². The fourth-order valence-electron chi connectivity index (χ4n) is 2.73. The van der Waals surface area contributed by atoms with Gasteiger partial charge in [-0.25, -0.2) is 18.7 Å². The molecular formula is C15H11ClF2N4OS. The molecule has 1 aromatic carbocycles. The predicted molar refractivity (Wildman–Crippen MR) is 86.6 cm³/mol. The van der Waals surface area contributed by atoms with Crippen LogP contribution in [0.25, 0.3) is 11.0 Å². The molecule has 3 aromatic rings. The number of imidazole rings is 1. The first-order valence-electron chi connectivity index (χ1n) is 7.23. The summed E-state index contributed by atoms with van der Waals surface area (Å²) in [6.07, 6.45) is -2.12. The zero-order valence-corrected chi connectivity index (χ0v) is 13.8. The van der Waals surface area contributed by atoms with Gasteiger partial charge in [0.2, 0.25) is 0 Å². The number of rotatable bonds is 2. The summed E-state index contributed by atoms with van der Waals surface area (Å²) in [6, 6.07) is 5.26. The van der Waals surface area contributed by atoms with E-state index in [9.17, 15) is 13.6 Å². The van der Waals surface area contributed by atoms with E-state index in [4.69, 9.17) is 11.6 Å². The minimum absolute atomic E-state index is 0.190. The van der Waals surface area contributed by atoms with Gasteiger partial charge < -0.3 is 9.88 Å². The van der Waals surface area contributed by atoms with Gasteiger partial charge in [0.05, 0.1) is 22.8 Å². The van der Waals surface area contributed by atoms with E-state index in [2.05, 4.69) is 15.0 Å². The maximum Gasteiger partial charge on any atom is 0.290 e. The molecule has 1 aliphatic rings. The molecule has 1 amide bonds. The summed E-state index contributed by atoms with van der Waals surface area (Å²) in [5, 5.41) is 0.276. The van der Waals surface area contributed by atoms with Crippen LogP contribution in [0.1, 0.15) is 32.6 Å². The number of aromatic amines is 1. The second-order valence-corrected chi connectivity index (χ2v) is 6.94. The maximum absolute atomic E-state index is 12.8. The average molecular weight is 369 g/mol. The van der Waals surface area contributed by atoms with E-state index in [0.29, 0.717) is 39.6 Å². The van der Waals surface area contributed by atoms with Gasteiger partial charge in [-0.3, -0.25) is 4.79 Å². The lowest BCUT2D eigenvalue weighted by Crippen LogP contribution is -2.36. The first-order chi connectivity index (χ1) is 11.5. The first-order valence-corrected chi connectivity index (χ1v) is 8.42. The first kappa shape index (κ1) is 15.5. The molecule has 2 aromatic heterocycles. The monoisotopic (exact) mass is 368 g/mol. The third-order valence-electron chi connectivity index (χ3n) is 3.89. The maximum atomic E-state index is 12.8. The molecule has 124 valence electrons. The molecule has 9 heteroatoms. The molecular weight excluding hydrogens is 358 g/mol. The van der Waals surface area contributed by atoms with Crippen molar-refractivity contribution in [3.05, 3.63) is 44.6 Å². The van der Waals surface area contributed by atoms with Crippen molar-refractivity contribution >= 4 is 39.9 Å². The Morgan fingerprint density at radius 1 is 1.38 bits per heavy atom. The van der Waals surface area contributed by atoms with Crippen LogP contribution in [0.2, 0.25) is 5.02 Å². The standard InChI is InChI=1S/C15H11ClF2N4OS/c16-7-2-1-3-9-11(7)21-13(19-9)15(23)22-5-4-8-10(6-22)24-14(20-8)12(17)18/h1-3,12H,4-6H2,(H,19,21). The molecule has 0 unspecified atom stereocenters. The Bertz CT molecular complexity index is 939. The Morgan fingerprint density at radius 3 is 2.96 bits per heavy atom. The second-order valence-electron chi connectivity index (χ2n) is 5.42. The van der Waals surface area contributed by atoms with E-state index >= 15 is 0 Å². The number of nitrogens with one attached hydrogen (secondary N) is 1. The van der Waals surface area contributed by atoms with E-state index in [1.165, 1.54) is 0 Å². The van der Waals surface area contributed by atoms with Crippen molar-refractivity contribution < 1.29 is 13.6 Å². The Kier molecular flexibility index (Phi) is 3.73. The topological polar surface area (TPSA) is 61.9 Å². The highest BCUT2D eigenvalue weighted by atomic mass is 35.5. The second kappa shape index (κ2) is 5.78. The van der Waals surface area contributed by atoms with Crippen LogP contribution in [0.5, 0.6) is 0 Å². The summed E-state index contributed by atoms with van der Waals surface area (Å²) < 4.78 is 25.5. The number of nitrogens with zero attached hydrogens (tertiary/aromatic N) is 3. The Labute approximate surface area is 144 Å². The van der Waals surface area contributed by atoms with Crippen molar-refractivity contribution in [1.29, 1.82) is 0 Å². The van der Waals surface area contributed by atoms with Gasteiger partial charge >= 0.3 is 0 Å². The zero-order valence-electron chi connectivity index (χ0n) is 12.2. The average Bonchev–Trinajstić information content (AvgIpc) is 3.18. The number of para-hydroxylation sites is 1. The van der Waals surface area contributed by atoms with Crippen LogP contribution in [0, 0.1) is 0 Å². The van der Waals surface area contributed by atoms with Crippen molar-refractivity contribution in [3.63, 3.8) is 0 Å². The van der Waals surface area contributed by atoms with Crippen LogP contribution in [0.4, 0.5) is 8.78 Å². The van der Waals surface area contributed by atoms with Gasteiger partial charge in [0.1, 0.15) is 5.52 Å². The summed E-state index contributed by atoms with van der Waals surface area (Å²) >= 11 is 7.04. The lowest BCUT2D eigenvalue weighted by atomic mass is 10.2. The van der Waals surface area contributed by atoms with Crippen molar-refractivity contribution in [2.75, 3.05) is 6.54 Å². The van der Waals surface area contributed by atoms with Crippen LogP contribution < -0.4 is 0 Å². The predicted octanol–water partition coefficient (Wildman–Crippen LogP) is 3.81. The number of hydrogen-bond donors (Lipinski definition) is 1. The number of carbonyl (C=O) groups is 1. The highest BCUT2D eigenvalue weighted by Crippen LogP contribution is 2.31. The molecule has 0 saturated heterocycles. The van der Waals surface area contributed by atoms with E-state index in [1.54, 1.807) is 23.1 Å². The molecule has 0 aliphatic carbocycles. The third kappa shape index (κ3) is 2.55. The van der Waals surface area contributed by atoms with Gasteiger partial charge in [0, 0.05) is 17.8 Å². The minimum atomic E-state index is -2.58. The number of benzene rings is 1. The molecule has 3 heterocycles. The summed E-state index contributed by atoms with van der Waals surface area (Å²) in [7, 11) is 0. The quantitative estimate of drug-likeness (QED) is 0.748. The molecule has 0 saturated carbocycles. The smallest absolute Gasteiger partial charge is 0.290 e. The van der Waals surface area contributed by atoms with E-state index in [1.807, 2.05) is 0 Å². The molecule has 1 N–H and O–H groups in total. The van der Waals surface area contributed by atoms with E-state index in [-0.39, 0.29) is 23.3 Å². The fraction of sp³-hybridized carbons (Fsp3) is 0.267. The number of alkyl halides is 2. The lowest BCUT2D eigenvalue weighted by molar-refractivity contribution is 0.0725. The minimum Gasteiger partial charge on any atom is -0.334 e. The van der Waals surface area contributed by atoms with Crippen LogP contribution in [0.3, 0.4) is 0 Å². The summed E-state index contributed by atoms with van der Waals surface area (Å²) in [5.74, 6) is -0.0833. The van der Waals surface area contributed by atoms with Gasteiger partial charge in [-0.2, -0.15) is 0 Å². The molecule has 4 rings (SSSR count). The number of amides is 1. The third-order valence-corrected chi connectivity index (χ3v) is 5.28. The van der Waals surface area contributed by atoms with Gasteiger partial charge in [-0.1, -0.05) is 17.7 Å². The normalized spacial score (nSPS) is 14.4. The van der Waals surface area contributed by atoms with Crippen molar-refractivity contribution in [3.8, 4) is 0 Å².